The van der Waals surface area contributed by atoms with E-state index in [1.54, 1.807) is 37.4 Å². The molecule has 2 aromatic carbocycles. The van der Waals surface area contributed by atoms with Crippen molar-refractivity contribution in [2.24, 2.45) is 11.8 Å². The number of nitriles is 1. The van der Waals surface area contributed by atoms with Crippen molar-refractivity contribution in [1.82, 2.24) is 24.6 Å². The normalized spacial score (nSPS) is 21.9. The van der Waals surface area contributed by atoms with Crippen LogP contribution in [0.1, 0.15) is 99.1 Å². The Morgan fingerprint density at radius 1 is 1.20 bits per heavy atom. The molecule has 2 saturated carbocycles. The number of nitrogens with zero attached hydrogens (tertiary/aromatic N) is 4. The van der Waals surface area contributed by atoms with E-state index in [1.807, 2.05) is 17.0 Å². The number of aliphatic hydroxyl groups excluding tert-OH is 1. The number of aryl methyl sites for hydroxylation is 2. The Balaban J connectivity index is 0.000000246. The summed E-state index contributed by atoms with van der Waals surface area (Å²) in [6.45, 7) is 6.80. The maximum atomic E-state index is 16.6. The number of hydrogen-bond donors (Lipinski definition) is 4. The standard InChI is InChI=1S/C31H29Cl2FN4O2.C5H5B2NOS.C5H9N/c1-15-8-11-24(38(15)31(40)17-9-10-17)23-14-21-28(16(2)39)37-30-20(29(21)36-23)13-18(5-4-12-35)25(27(30)34)19-6-3-7-22(32)26(19)33;1-3-2-10-8-4(3)5(6,7)9;1-4-2-5(1)6-3-4/h3,6-7,13-17,24,36,39H,4-5,8-11H2,1-2H3;2,9H,1H3;4-6H,1-3H2. The zero-order valence-corrected chi connectivity index (χ0v) is 33.9. The molecule has 5 aliphatic rings. The predicted molar refractivity (Wildman–Crippen MR) is 221 cm³/mol. The fourth-order valence-electron chi connectivity index (χ4n) is 8.22. The molecule has 9 nitrogen and oxygen atoms in total. The number of halogens is 3. The van der Waals surface area contributed by atoms with Crippen molar-refractivity contribution in [2.75, 3.05) is 6.54 Å². The van der Waals surface area contributed by atoms with Crippen LogP contribution in [0, 0.1) is 35.9 Å². The lowest BCUT2D eigenvalue weighted by atomic mass is 9.63. The minimum absolute atomic E-state index is 0.0919. The number of aromatic amines is 1. The molecule has 1 amide bonds. The van der Waals surface area contributed by atoms with Crippen LogP contribution in [0.15, 0.2) is 35.7 Å². The van der Waals surface area contributed by atoms with E-state index in [2.05, 4.69) is 32.7 Å². The van der Waals surface area contributed by atoms with Gasteiger partial charge in [-0.25, -0.2) is 9.37 Å². The number of H-pyrrole nitrogens is 1. The van der Waals surface area contributed by atoms with Gasteiger partial charge in [0.25, 0.3) is 0 Å². The highest BCUT2D eigenvalue weighted by atomic mass is 35.5. The van der Waals surface area contributed by atoms with E-state index < -0.39 is 17.3 Å². The highest BCUT2D eigenvalue weighted by molar-refractivity contribution is 7.03. The summed E-state index contributed by atoms with van der Waals surface area (Å²) in [4.78, 5) is 23.3. The molecule has 4 N–H and O–H groups in total. The molecule has 2 bridgehead atoms. The van der Waals surface area contributed by atoms with Crippen LogP contribution in [0.3, 0.4) is 0 Å². The lowest BCUT2D eigenvalue weighted by Gasteiger charge is -2.28. The number of carbonyl (C=O) groups is 1. The first-order chi connectivity index (χ1) is 26.7. The van der Waals surface area contributed by atoms with Crippen LogP contribution in [0.2, 0.25) is 10.0 Å². The second kappa shape index (κ2) is 16.4. The summed E-state index contributed by atoms with van der Waals surface area (Å²) in [5.41, 5.74) is 4.38. The average molecular weight is 811 g/mol. The Hall–Kier alpha value is -3.50. The minimum atomic E-state index is -1.79. The zero-order valence-electron chi connectivity index (χ0n) is 31.6. The van der Waals surface area contributed by atoms with E-state index in [0.717, 1.165) is 48.9 Å². The number of likely N-dealkylation sites (tertiary alicyclic amines) is 1. The molecule has 2 aliphatic carbocycles. The Morgan fingerprint density at radius 3 is 2.50 bits per heavy atom. The van der Waals surface area contributed by atoms with Crippen molar-refractivity contribution in [1.29, 1.82) is 5.26 Å². The summed E-state index contributed by atoms with van der Waals surface area (Å²) in [7, 11) is 10.4. The maximum Gasteiger partial charge on any atom is 0.226 e. The summed E-state index contributed by atoms with van der Waals surface area (Å²) in [6.07, 6.45) is 6.07. The molecular weight excluding hydrogens is 768 g/mol. The van der Waals surface area contributed by atoms with Gasteiger partial charge in [-0.15, -0.1) is 0 Å². The second-order valence-corrected chi connectivity index (χ2v) is 17.1. The van der Waals surface area contributed by atoms with Gasteiger partial charge in [-0.1, -0.05) is 35.3 Å². The van der Waals surface area contributed by atoms with E-state index in [4.69, 9.17) is 44.0 Å². The molecular formula is C41H43B2Cl2FN6O3S. The average Bonchev–Trinajstić information content (AvgIpc) is 3.64. The third kappa shape index (κ3) is 8.11. The first kappa shape index (κ1) is 40.7. The van der Waals surface area contributed by atoms with Crippen molar-refractivity contribution in [2.45, 2.75) is 102 Å². The van der Waals surface area contributed by atoms with Crippen molar-refractivity contribution in [3.63, 3.8) is 0 Å². The summed E-state index contributed by atoms with van der Waals surface area (Å²) in [5.74, 6) is 0.793. The fourth-order valence-corrected chi connectivity index (χ4v) is 9.33. The lowest BCUT2D eigenvalue weighted by Crippen LogP contribution is -2.36. The molecule has 5 fully saturated rings. The van der Waals surface area contributed by atoms with E-state index in [0.29, 0.717) is 50.2 Å². The van der Waals surface area contributed by atoms with Gasteiger partial charge in [0, 0.05) is 62.8 Å². The molecule has 3 unspecified atom stereocenters. The molecule has 10 rings (SSSR count). The Bertz CT molecular complexity index is 2300. The van der Waals surface area contributed by atoms with Gasteiger partial charge in [0.05, 0.1) is 45.2 Å². The zero-order chi connectivity index (χ0) is 40.1. The van der Waals surface area contributed by atoms with Crippen molar-refractivity contribution < 1.29 is 19.4 Å². The van der Waals surface area contributed by atoms with Crippen molar-refractivity contribution in [3.8, 4) is 17.2 Å². The second-order valence-electron chi connectivity index (χ2n) is 15.6. The third-order valence-electron chi connectivity index (χ3n) is 11.3. The number of benzene rings is 2. The number of hydrogen-bond acceptors (Lipinski definition) is 8. The van der Waals surface area contributed by atoms with Gasteiger partial charge < -0.3 is 25.4 Å². The van der Waals surface area contributed by atoms with Gasteiger partial charge in [-0.05, 0) is 119 Å². The molecule has 4 radical (unpaired) electrons. The van der Waals surface area contributed by atoms with Crippen LogP contribution in [-0.4, -0.2) is 69.7 Å². The van der Waals surface area contributed by atoms with E-state index in [1.165, 1.54) is 30.9 Å². The van der Waals surface area contributed by atoms with E-state index >= 15 is 4.39 Å². The van der Waals surface area contributed by atoms with E-state index in [9.17, 15) is 15.2 Å². The first-order valence-electron chi connectivity index (χ1n) is 19.1. The SMILES string of the molecule is C1NC2CC1C2.CC(O)c1nc2c(F)c(-c3cccc(Cl)c3Cl)c(CCC#N)cc2c2[nH]c(C3CCC(C)N3C(=O)C3CC3)cc12.[B]C([B])(O)c1nscc1C. The van der Waals surface area contributed by atoms with Gasteiger partial charge in [0.15, 0.2) is 5.82 Å². The monoisotopic (exact) mass is 810 g/mol. The molecule has 6 heterocycles. The first-order valence-corrected chi connectivity index (χ1v) is 20.7. The Morgan fingerprint density at radius 2 is 1.95 bits per heavy atom. The summed E-state index contributed by atoms with van der Waals surface area (Å²) >= 11 is 14.0. The van der Waals surface area contributed by atoms with Gasteiger partial charge in [0.1, 0.15) is 21.2 Å². The number of aliphatic hydroxyl groups is 2. The molecule has 3 aromatic heterocycles. The number of pyridine rings is 1. The Labute approximate surface area is 343 Å². The van der Waals surface area contributed by atoms with Crippen LogP contribution in [0.4, 0.5) is 4.39 Å². The number of amides is 1. The highest BCUT2D eigenvalue weighted by Crippen LogP contribution is 2.45. The third-order valence-corrected chi connectivity index (χ3v) is 12.9. The molecule has 0 spiro atoms. The minimum Gasteiger partial charge on any atom is -0.403 e. The molecule has 5 aromatic rings. The summed E-state index contributed by atoms with van der Waals surface area (Å²) in [6, 6.07) is 11.9. The van der Waals surface area contributed by atoms with Gasteiger partial charge in [0.2, 0.25) is 5.91 Å². The molecule has 15 heteroatoms. The largest absolute Gasteiger partial charge is 0.403 e. The number of nitrogens with one attached hydrogen (secondary N) is 2. The van der Waals surface area contributed by atoms with Crippen LogP contribution < -0.4 is 5.32 Å². The highest BCUT2D eigenvalue weighted by Gasteiger charge is 2.42. The summed E-state index contributed by atoms with van der Waals surface area (Å²) < 4.78 is 20.4. The van der Waals surface area contributed by atoms with Gasteiger partial charge in [-0.3, -0.25) is 4.79 Å². The molecule has 3 atom stereocenters. The van der Waals surface area contributed by atoms with Crippen LogP contribution in [0.5, 0.6) is 0 Å². The smallest absolute Gasteiger partial charge is 0.226 e. The molecule has 3 saturated heterocycles. The lowest BCUT2D eigenvalue weighted by molar-refractivity contribution is -0.135. The predicted octanol–water partition coefficient (Wildman–Crippen LogP) is 8.06. The van der Waals surface area contributed by atoms with Crippen molar-refractivity contribution in [3.05, 3.63) is 79.8 Å². The number of aromatic nitrogens is 3. The molecule has 56 heavy (non-hydrogen) atoms. The topological polar surface area (TPSA) is 138 Å². The van der Waals surface area contributed by atoms with Crippen LogP contribution >= 0.6 is 34.7 Å². The van der Waals surface area contributed by atoms with Crippen LogP contribution in [-0.2, 0) is 16.6 Å². The summed E-state index contributed by atoms with van der Waals surface area (Å²) in [5, 5.41) is 34.2. The quantitative estimate of drug-likeness (QED) is 0.122. The maximum absolute atomic E-state index is 16.6. The molecule has 3 aliphatic heterocycles. The number of fused-ring (bicyclic) bond motifs is 4. The Kier molecular flexibility index (Phi) is 11.9. The fraction of sp³-hybridized carbons (Fsp3) is 0.463. The van der Waals surface area contributed by atoms with Crippen molar-refractivity contribution >= 4 is 78.1 Å². The molecule has 288 valence electrons. The van der Waals surface area contributed by atoms with Crippen LogP contribution in [0.25, 0.3) is 32.9 Å². The van der Waals surface area contributed by atoms with E-state index in [-0.39, 0.29) is 46.4 Å². The van der Waals surface area contributed by atoms with Gasteiger partial charge >= 0.3 is 0 Å². The number of carbonyl (C=O) groups excluding carboxylic acids is 1. The number of rotatable bonds is 7. The van der Waals surface area contributed by atoms with Gasteiger partial charge in [-0.2, -0.15) is 9.64 Å².